The molecule has 1 N–H and O–H groups in total. The number of hydrogen-bond donors (Lipinski definition) is 1. The van der Waals surface area contributed by atoms with Gasteiger partial charge in [-0.25, -0.2) is 8.42 Å². The van der Waals surface area contributed by atoms with Crippen LogP contribution >= 0.6 is 11.6 Å². The van der Waals surface area contributed by atoms with Crippen LogP contribution in [0.2, 0.25) is 5.02 Å². The lowest BCUT2D eigenvalue weighted by molar-refractivity contribution is 0.0729. The van der Waals surface area contributed by atoms with Crippen LogP contribution in [0, 0.1) is 0 Å². The molecule has 0 aliphatic carbocycles. The van der Waals surface area contributed by atoms with Gasteiger partial charge in [0.15, 0.2) is 5.82 Å². The first kappa shape index (κ1) is 23.2. The van der Waals surface area contributed by atoms with E-state index in [0.29, 0.717) is 54.2 Å². The normalized spacial score (nSPS) is 14.6. The molecule has 3 aromatic rings. The van der Waals surface area contributed by atoms with E-state index in [2.05, 4.69) is 15.5 Å². The maximum atomic E-state index is 13.2. The van der Waals surface area contributed by atoms with Crippen LogP contribution in [0.15, 0.2) is 53.4 Å². The largest absolute Gasteiger partial charge is 0.495 e. The molecule has 9 nitrogen and oxygen atoms in total. The van der Waals surface area contributed by atoms with E-state index in [1.807, 2.05) is 6.07 Å². The Hall–Kier alpha value is -2.92. The molecule has 2 heterocycles. The van der Waals surface area contributed by atoms with Crippen molar-refractivity contribution in [2.45, 2.75) is 4.90 Å². The molecular weight excluding hydrogens is 468 g/mol. The minimum Gasteiger partial charge on any atom is -0.495 e. The molecule has 1 aliphatic heterocycles. The summed E-state index contributed by atoms with van der Waals surface area (Å²) >= 11 is 6.16. The van der Waals surface area contributed by atoms with E-state index in [0.717, 1.165) is 5.69 Å². The highest BCUT2D eigenvalue weighted by molar-refractivity contribution is 7.89. The molecule has 2 aromatic carbocycles. The number of nitrogens with zero attached hydrogens (tertiary/aromatic N) is 3. The number of hydrogen-bond acceptors (Lipinski definition) is 8. The Balaban J connectivity index is 1.59. The van der Waals surface area contributed by atoms with Gasteiger partial charge in [-0.15, -0.1) is 10.2 Å². The number of methoxy groups -OCH3 is 2. The maximum absolute atomic E-state index is 13.2. The zero-order valence-corrected chi connectivity index (χ0v) is 19.7. The predicted octanol–water partition coefficient (Wildman–Crippen LogP) is 3.58. The van der Waals surface area contributed by atoms with E-state index in [1.165, 1.54) is 11.4 Å². The van der Waals surface area contributed by atoms with E-state index in [9.17, 15) is 8.42 Å². The highest BCUT2D eigenvalue weighted by atomic mass is 35.5. The number of halogens is 1. The van der Waals surface area contributed by atoms with Crippen LogP contribution in [-0.2, 0) is 14.8 Å². The topological polar surface area (TPSA) is 103 Å². The molecule has 0 amide bonds. The molecule has 174 valence electrons. The maximum Gasteiger partial charge on any atom is 0.246 e. The minimum atomic E-state index is -3.75. The molecular formula is C22H23ClN4O5S. The Morgan fingerprint density at radius 1 is 0.970 bits per heavy atom. The van der Waals surface area contributed by atoms with Crippen molar-refractivity contribution in [2.75, 3.05) is 45.8 Å². The predicted molar refractivity (Wildman–Crippen MR) is 125 cm³/mol. The van der Waals surface area contributed by atoms with Crippen molar-refractivity contribution >= 4 is 33.1 Å². The van der Waals surface area contributed by atoms with Gasteiger partial charge in [0.1, 0.15) is 16.4 Å². The number of ether oxygens (including phenoxy) is 3. The lowest BCUT2D eigenvalue weighted by Crippen LogP contribution is -2.40. The third-order valence-corrected chi connectivity index (χ3v) is 7.35. The van der Waals surface area contributed by atoms with E-state index < -0.39 is 10.0 Å². The number of anilines is 2. The number of sulfonamides is 1. The van der Waals surface area contributed by atoms with Crippen LogP contribution in [0.25, 0.3) is 11.3 Å². The van der Waals surface area contributed by atoms with Crippen molar-refractivity contribution in [1.29, 1.82) is 0 Å². The van der Waals surface area contributed by atoms with Crippen molar-refractivity contribution in [3.63, 3.8) is 0 Å². The van der Waals surface area contributed by atoms with Gasteiger partial charge in [0, 0.05) is 24.3 Å². The average Bonchev–Trinajstić information content (AvgIpc) is 2.85. The fourth-order valence-electron chi connectivity index (χ4n) is 3.41. The zero-order chi connectivity index (χ0) is 23.4. The molecule has 1 aliphatic rings. The molecule has 0 spiro atoms. The number of rotatable bonds is 7. The van der Waals surface area contributed by atoms with E-state index in [1.54, 1.807) is 49.6 Å². The summed E-state index contributed by atoms with van der Waals surface area (Å²) in [5.74, 6) is 1.36. The first-order valence-corrected chi connectivity index (χ1v) is 11.9. The highest BCUT2D eigenvalue weighted by Crippen LogP contribution is 2.32. The quantitative estimate of drug-likeness (QED) is 0.536. The summed E-state index contributed by atoms with van der Waals surface area (Å²) in [7, 11) is -0.755. The second kappa shape index (κ2) is 9.92. The van der Waals surface area contributed by atoms with Crippen molar-refractivity contribution in [3.05, 3.63) is 53.6 Å². The van der Waals surface area contributed by atoms with Crippen LogP contribution in [-0.4, -0.2) is 63.4 Å². The first-order chi connectivity index (χ1) is 15.9. The van der Waals surface area contributed by atoms with Gasteiger partial charge in [-0.2, -0.15) is 4.31 Å². The van der Waals surface area contributed by atoms with Crippen LogP contribution in [0.4, 0.5) is 11.5 Å². The minimum absolute atomic E-state index is 0.0845. The van der Waals surface area contributed by atoms with Crippen LogP contribution < -0.4 is 14.8 Å². The number of benzene rings is 2. The van der Waals surface area contributed by atoms with Crippen molar-refractivity contribution in [3.8, 4) is 22.8 Å². The Morgan fingerprint density at radius 3 is 2.33 bits per heavy atom. The van der Waals surface area contributed by atoms with E-state index in [4.69, 9.17) is 25.8 Å². The van der Waals surface area contributed by atoms with E-state index >= 15 is 0 Å². The van der Waals surface area contributed by atoms with Crippen LogP contribution in [0.3, 0.4) is 0 Å². The summed E-state index contributed by atoms with van der Waals surface area (Å²) in [6.45, 7) is 1.32. The summed E-state index contributed by atoms with van der Waals surface area (Å²) < 4.78 is 43.6. The van der Waals surface area contributed by atoms with Crippen molar-refractivity contribution in [1.82, 2.24) is 14.5 Å². The standard InChI is InChI=1S/C22H23ClN4O5S/c1-30-19-7-4-16(14-17(19)23)24-22-8-5-18(25-26-22)15-3-6-20(31-2)21(13-15)33(28,29)27-9-11-32-12-10-27/h3-8,13-14H,9-12H2,1-2H3,(H,24,26). The number of morpholine rings is 1. The smallest absolute Gasteiger partial charge is 0.246 e. The van der Waals surface area contributed by atoms with Gasteiger partial charge in [-0.3, -0.25) is 0 Å². The van der Waals surface area contributed by atoms with Gasteiger partial charge in [-0.05, 0) is 48.5 Å². The molecule has 0 unspecified atom stereocenters. The lowest BCUT2D eigenvalue weighted by Gasteiger charge is -2.26. The first-order valence-electron chi connectivity index (χ1n) is 10.1. The fourth-order valence-corrected chi connectivity index (χ4v) is 5.26. The van der Waals surface area contributed by atoms with Gasteiger partial charge >= 0.3 is 0 Å². The SMILES string of the molecule is COc1ccc(Nc2ccc(-c3ccc(OC)c(S(=O)(=O)N4CCOCC4)c3)nn2)cc1Cl. The van der Waals surface area contributed by atoms with Gasteiger partial charge in [0.2, 0.25) is 10.0 Å². The van der Waals surface area contributed by atoms with Crippen molar-refractivity contribution < 1.29 is 22.6 Å². The third-order valence-electron chi connectivity index (χ3n) is 5.14. The summed E-state index contributed by atoms with van der Waals surface area (Å²) in [5.41, 5.74) is 1.86. The molecule has 1 fully saturated rings. The van der Waals surface area contributed by atoms with Gasteiger partial charge in [-0.1, -0.05) is 11.6 Å². The van der Waals surface area contributed by atoms with Crippen LogP contribution in [0.5, 0.6) is 11.5 Å². The number of nitrogens with one attached hydrogen (secondary N) is 1. The average molecular weight is 491 g/mol. The number of aromatic nitrogens is 2. The monoisotopic (exact) mass is 490 g/mol. The van der Waals surface area contributed by atoms with Crippen LogP contribution in [0.1, 0.15) is 0 Å². The summed E-state index contributed by atoms with van der Waals surface area (Å²) in [6, 6.07) is 13.7. The summed E-state index contributed by atoms with van der Waals surface area (Å²) in [6.07, 6.45) is 0. The molecule has 0 atom stereocenters. The summed E-state index contributed by atoms with van der Waals surface area (Å²) in [5, 5.41) is 12.1. The van der Waals surface area contributed by atoms with E-state index in [-0.39, 0.29) is 10.6 Å². The van der Waals surface area contributed by atoms with Gasteiger partial charge in [0.05, 0.1) is 38.1 Å². The molecule has 0 saturated carbocycles. The molecule has 1 aromatic heterocycles. The molecule has 0 bridgehead atoms. The Kier molecular flexibility index (Phi) is 6.99. The van der Waals surface area contributed by atoms with Crippen molar-refractivity contribution in [2.24, 2.45) is 0 Å². The summed E-state index contributed by atoms with van der Waals surface area (Å²) in [4.78, 5) is 0.0845. The molecule has 1 saturated heterocycles. The second-order valence-corrected chi connectivity index (χ2v) is 9.47. The Bertz CT molecular complexity index is 1230. The molecule has 33 heavy (non-hydrogen) atoms. The second-order valence-electron chi connectivity index (χ2n) is 7.16. The van der Waals surface area contributed by atoms with Gasteiger partial charge < -0.3 is 19.5 Å². The third kappa shape index (κ3) is 5.03. The molecule has 0 radical (unpaired) electrons. The molecule has 4 rings (SSSR count). The Labute approximate surface area is 197 Å². The zero-order valence-electron chi connectivity index (χ0n) is 18.1. The molecule has 11 heteroatoms. The Morgan fingerprint density at radius 2 is 1.70 bits per heavy atom. The fraction of sp³-hybridized carbons (Fsp3) is 0.273. The lowest BCUT2D eigenvalue weighted by atomic mass is 10.1. The van der Waals surface area contributed by atoms with Gasteiger partial charge in [0.25, 0.3) is 0 Å². The highest BCUT2D eigenvalue weighted by Gasteiger charge is 2.29.